The summed E-state index contributed by atoms with van der Waals surface area (Å²) in [6.07, 6.45) is 1.60. The Morgan fingerprint density at radius 3 is 2.32 bits per heavy atom. The molecular weight excluding hydrogens is 352 g/mol. The van der Waals surface area contributed by atoms with E-state index in [-0.39, 0.29) is 11.5 Å². The van der Waals surface area contributed by atoms with Crippen molar-refractivity contribution in [2.24, 2.45) is 0 Å². The fraction of sp³-hybridized carbons (Fsp3) is 0.0909. The third-order valence-corrected chi connectivity index (χ3v) is 4.47. The number of benzene rings is 2. The first-order chi connectivity index (χ1) is 13.6. The van der Waals surface area contributed by atoms with Crippen LogP contribution in [0.25, 0.3) is 27.8 Å². The third-order valence-electron chi connectivity index (χ3n) is 4.47. The highest BCUT2D eigenvalue weighted by atomic mass is 16.2. The van der Waals surface area contributed by atoms with Gasteiger partial charge in [0, 0.05) is 36.8 Å². The molecule has 0 N–H and O–H groups in total. The second-order valence-corrected chi connectivity index (χ2v) is 6.58. The molecule has 0 atom stereocenters. The highest BCUT2D eigenvalue weighted by molar-refractivity contribution is 5.96. The van der Waals surface area contributed by atoms with Gasteiger partial charge in [-0.3, -0.25) is 14.6 Å². The summed E-state index contributed by atoms with van der Waals surface area (Å²) in [6, 6.07) is 20.1. The summed E-state index contributed by atoms with van der Waals surface area (Å²) in [5.74, 6) is -0.0692. The predicted molar refractivity (Wildman–Crippen MR) is 109 cm³/mol. The second-order valence-electron chi connectivity index (χ2n) is 6.58. The molecule has 2 aromatic carbocycles. The van der Waals surface area contributed by atoms with Crippen molar-refractivity contribution in [1.29, 1.82) is 0 Å². The van der Waals surface area contributed by atoms with Crippen LogP contribution in [0.3, 0.4) is 0 Å². The number of nitrogens with zero attached hydrogens (tertiary/aromatic N) is 4. The van der Waals surface area contributed by atoms with Crippen molar-refractivity contribution in [1.82, 2.24) is 19.7 Å². The minimum atomic E-state index is -0.273. The molecule has 4 aromatic rings. The van der Waals surface area contributed by atoms with Gasteiger partial charge in [0.05, 0.1) is 5.69 Å². The van der Waals surface area contributed by atoms with Gasteiger partial charge >= 0.3 is 0 Å². The Labute approximate surface area is 161 Å². The molecular formula is C22H18N4O2. The van der Waals surface area contributed by atoms with Crippen molar-refractivity contribution < 1.29 is 4.79 Å². The summed E-state index contributed by atoms with van der Waals surface area (Å²) >= 11 is 0. The van der Waals surface area contributed by atoms with E-state index in [1.165, 1.54) is 9.58 Å². The number of para-hydroxylation sites is 1. The Morgan fingerprint density at radius 1 is 0.929 bits per heavy atom. The summed E-state index contributed by atoms with van der Waals surface area (Å²) in [6.45, 7) is 0. The second kappa shape index (κ2) is 7.08. The fourth-order valence-corrected chi connectivity index (χ4v) is 3.05. The maximum atomic E-state index is 12.9. The largest absolute Gasteiger partial charge is 0.345 e. The van der Waals surface area contributed by atoms with Crippen molar-refractivity contribution >= 4 is 16.8 Å². The molecule has 0 aliphatic heterocycles. The first-order valence-corrected chi connectivity index (χ1v) is 8.82. The predicted octanol–water partition coefficient (Wildman–Crippen LogP) is 3.15. The normalized spacial score (nSPS) is 10.8. The number of rotatable bonds is 3. The number of hydrogen-bond donors (Lipinski definition) is 0. The van der Waals surface area contributed by atoms with E-state index in [9.17, 15) is 9.59 Å². The maximum Gasteiger partial charge on any atom is 0.297 e. The van der Waals surface area contributed by atoms with Crippen LogP contribution in [0.1, 0.15) is 10.4 Å². The lowest BCUT2D eigenvalue weighted by molar-refractivity contribution is 0.0827. The average Bonchev–Trinajstić information content (AvgIpc) is 2.74. The zero-order valence-electron chi connectivity index (χ0n) is 15.5. The molecule has 2 aromatic heterocycles. The van der Waals surface area contributed by atoms with E-state index in [2.05, 4.69) is 10.1 Å². The molecule has 0 aliphatic rings. The Balaban J connectivity index is 1.93. The van der Waals surface area contributed by atoms with Gasteiger partial charge in [0.2, 0.25) is 0 Å². The molecule has 28 heavy (non-hydrogen) atoms. The molecule has 0 saturated carbocycles. The van der Waals surface area contributed by atoms with Crippen LogP contribution in [0, 0.1) is 0 Å². The topological polar surface area (TPSA) is 68.1 Å². The lowest BCUT2D eigenvalue weighted by atomic mass is 10.0. The summed E-state index contributed by atoms with van der Waals surface area (Å²) < 4.78 is 1.36. The van der Waals surface area contributed by atoms with E-state index in [4.69, 9.17) is 0 Å². The Kier molecular flexibility index (Phi) is 4.45. The van der Waals surface area contributed by atoms with Gasteiger partial charge in [-0.05, 0) is 36.4 Å². The minimum Gasteiger partial charge on any atom is -0.345 e. The summed E-state index contributed by atoms with van der Waals surface area (Å²) in [7, 11) is 3.43. The first kappa shape index (κ1) is 17.6. The van der Waals surface area contributed by atoms with E-state index in [1.807, 2.05) is 48.5 Å². The molecule has 4 rings (SSSR count). The van der Waals surface area contributed by atoms with E-state index >= 15 is 0 Å². The summed E-state index contributed by atoms with van der Waals surface area (Å²) in [4.78, 5) is 30.9. The summed E-state index contributed by atoms with van der Waals surface area (Å²) in [5.41, 5.74) is 2.77. The third kappa shape index (κ3) is 3.05. The van der Waals surface area contributed by atoms with Crippen LogP contribution in [0.4, 0.5) is 0 Å². The van der Waals surface area contributed by atoms with Gasteiger partial charge in [0.1, 0.15) is 11.2 Å². The van der Waals surface area contributed by atoms with Crippen LogP contribution >= 0.6 is 0 Å². The average molecular weight is 370 g/mol. The maximum absolute atomic E-state index is 12.9. The number of carbonyl (C=O) groups is 1. The lowest BCUT2D eigenvalue weighted by Gasteiger charge is -2.12. The van der Waals surface area contributed by atoms with Crippen molar-refractivity contribution in [2.45, 2.75) is 0 Å². The van der Waals surface area contributed by atoms with Crippen LogP contribution in [0.15, 0.2) is 77.7 Å². The van der Waals surface area contributed by atoms with E-state index < -0.39 is 0 Å². The molecule has 6 heteroatoms. The highest BCUT2D eigenvalue weighted by Crippen LogP contribution is 2.25. The highest BCUT2D eigenvalue weighted by Gasteiger charge is 2.15. The van der Waals surface area contributed by atoms with Crippen molar-refractivity contribution in [3.8, 4) is 16.9 Å². The van der Waals surface area contributed by atoms with Crippen molar-refractivity contribution in [3.05, 3.63) is 88.8 Å². The molecule has 0 saturated heterocycles. The zero-order chi connectivity index (χ0) is 19.7. The Morgan fingerprint density at radius 2 is 1.64 bits per heavy atom. The van der Waals surface area contributed by atoms with Gasteiger partial charge in [0.15, 0.2) is 0 Å². The van der Waals surface area contributed by atoms with Crippen LogP contribution in [0.2, 0.25) is 0 Å². The smallest absolute Gasteiger partial charge is 0.297 e. The lowest BCUT2D eigenvalue weighted by Crippen LogP contribution is -2.23. The van der Waals surface area contributed by atoms with Gasteiger partial charge in [-0.2, -0.15) is 9.78 Å². The molecule has 1 amide bonds. The minimum absolute atomic E-state index is 0.0692. The van der Waals surface area contributed by atoms with E-state index in [1.54, 1.807) is 38.5 Å². The molecule has 6 nitrogen and oxygen atoms in total. The standard InChI is InChI=1S/C22H18N4O2/c1-25(2)21(27)16-12-10-15(11-13-16)19-18-9-6-14-23-20(18)22(28)26(24-19)17-7-4-3-5-8-17/h3-14H,1-2H3. The molecule has 0 spiro atoms. The van der Waals surface area contributed by atoms with Crippen molar-refractivity contribution in [2.75, 3.05) is 14.1 Å². The van der Waals surface area contributed by atoms with Gasteiger partial charge in [-0.25, -0.2) is 0 Å². The van der Waals surface area contributed by atoms with Gasteiger partial charge < -0.3 is 4.90 Å². The molecule has 138 valence electrons. The number of aromatic nitrogens is 3. The number of pyridine rings is 1. The van der Waals surface area contributed by atoms with Crippen LogP contribution in [0.5, 0.6) is 0 Å². The fourth-order valence-electron chi connectivity index (χ4n) is 3.05. The van der Waals surface area contributed by atoms with Crippen LogP contribution < -0.4 is 5.56 Å². The monoisotopic (exact) mass is 370 g/mol. The van der Waals surface area contributed by atoms with Crippen molar-refractivity contribution in [3.63, 3.8) is 0 Å². The molecule has 0 aliphatic carbocycles. The molecule has 0 fully saturated rings. The summed E-state index contributed by atoms with van der Waals surface area (Å²) in [5, 5.41) is 5.29. The Hall–Kier alpha value is -3.80. The molecule has 0 bridgehead atoms. The van der Waals surface area contributed by atoms with Crippen LogP contribution in [-0.4, -0.2) is 39.7 Å². The van der Waals surface area contributed by atoms with Gasteiger partial charge in [-0.15, -0.1) is 0 Å². The molecule has 0 unspecified atom stereocenters. The number of amides is 1. The van der Waals surface area contributed by atoms with Gasteiger partial charge in [0.25, 0.3) is 11.5 Å². The number of fused-ring (bicyclic) bond motifs is 1. The van der Waals surface area contributed by atoms with E-state index in [0.717, 1.165) is 5.56 Å². The zero-order valence-corrected chi connectivity index (χ0v) is 15.5. The number of carbonyl (C=O) groups excluding carboxylic acids is 1. The molecule has 2 heterocycles. The van der Waals surface area contributed by atoms with E-state index in [0.29, 0.717) is 27.8 Å². The van der Waals surface area contributed by atoms with Crippen LogP contribution in [-0.2, 0) is 0 Å². The first-order valence-electron chi connectivity index (χ1n) is 8.82. The van der Waals surface area contributed by atoms with Gasteiger partial charge in [-0.1, -0.05) is 30.3 Å². The molecule has 0 radical (unpaired) electrons. The quantitative estimate of drug-likeness (QED) is 0.556. The number of hydrogen-bond acceptors (Lipinski definition) is 4. The SMILES string of the molecule is CN(C)C(=O)c1ccc(-c2nn(-c3ccccc3)c(=O)c3ncccc23)cc1. The Bertz CT molecular complexity index is 1210.